The highest BCUT2D eigenvalue weighted by Gasteiger charge is 2.67. The van der Waals surface area contributed by atoms with E-state index in [0.717, 1.165) is 25.9 Å². The number of carbonyl (C=O) groups is 1. The fourth-order valence-corrected chi connectivity index (χ4v) is 6.93. The van der Waals surface area contributed by atoms with Gasteiger partial charge in [0.2, 0.25) is 0 Å². The van der Waals surface area contributed by atoms with Gasteiger partial charge in [-0.1, -0.05) is 20.8 Å². The maximum Gasteiger partial charge on any atom is 0.138 e. The highest BCUT2D eigenvalue weighted by molar-refractivity contribution is 5.85. The lowest BCUT2D eigenvalue weighted by Crippen LogP contribution is -2.68. The smallest absolute Gasteiger partial charge is 0.138 e. The van der Waals surface area contributed by atoms with Crippen molar-refractivity contribution in [3.8, 4) is 0 Å². The van der Waals surface area contributed by atoms with Gasteiger partial charge in [-0.15, -0.1) is 0 Å². The summed E-state index contributed by atoms with van der Waals surface area (Å²) in [6, 6.07) is 0. The summed E-state index contributed by atoms with van der Waals surface area (Å²) in [5, 5.41) is 11.1. The molecule has 136 valence electrons. The molecule has 0 unspecified atom stereocenters. The lowest BCUT2D eigenvalue weighted by molar-refractivity contribution is -0.286. The number of aliphatic hydroxyl groups excluding tert-OH is 1. The van der Waals surface area contributed by atoms with Gasteiger partial charge in [0.15, 0.2) is 0 Å². The van der Waals surface area contributed by atoms with Crippen molar-refractivity contribution in [2.45, 2.75) is 90.1 Å². The molecule has 4 nitrogen and oxygen atoms in total. The molecule has 0 radical (unpaired) electrons. The molecule has 0 amide bonds. The van der Waals surface area contributed by atoms with E-state index in [1.807, 2.05) is 13.8 Å². The summed E-state index contributed by atoms with van der Waals surface area (Å²) in [5.74, 6) is 0.715. The Labute approximate surface area is 145 Å². The molecule has 24 heavy (non-hydrogen) atoms. The van der Waals surface area contributed by atoms with Gasteiger partial charge in [-0.05, 0) is 44.4 Å². The Bertz CT molecular complexity index is 568. The molecule has 4 aliphatic rings. The van der Waals surface area contributed by atoms with Crippen molar-refractivity contribution in [1.82, 2.24) is 0 Å². The number of aliphatic hydroxyl groups is 1. The van der Waals surface area contributed by atoms with Crippen molar-refractivity contribution in [3.63, 3.8) is 0 Å². The fraction of sp³-hybridized carbons (Fsp3) is 0.950. The molecular weight excluding hydrogens is 304 g/mol. The Hall–Kier alpha value is -0.450. The summed E-state index contributed by atoms with van der Waals surface area (Å²) in [5.41, 5.74) is -1.06. The molecule has 0 bridgehead atoms. The van der Waals surface area contributed by atoms with Gasteiger partial charge < -0.3 is 14.6 Å². The van der Waals surface area contributed by atoms with E-state index >= 15 is 0 Å². The zero-order chi connectivity index (χ0) is 17.5. The minimum Gasteiger partial charge on any atom is -0.393 e. The quantitative estimate of drug-likeness (QED) is 0.748. The number of epoxide rings is 1. The first-order chi connectivity index (χ1) is 11.0. The minimum atomic E-state index is -0.488. The fourth-order valence-electron chi connectivity index (χ4n) is 6.93. The largest absolute Gasteiger partial charge is 0.393 e. The standard InChI is InChI=1S/C20H32O4/c1-17(2)14(22)7-8-18(3)13-6-9-19(4,15-11-23-15)24-20(13,5)10-12(21)16(17)18/h12-13,15-16,21H,6-11H2,1-5H3/t12-,13-,15-,16+,18-,19+,20-/m0/s1. The summed E-state index contributed by atoms with van der Waals surface area (Å²) >= 11 is 0. The molecule has 2 heterocycles. The molecule has 4 rings (SSSR count). The normalized spacial score (nSPS) is 56.3. The zero-order valence-corrected chi connectivity index (χ0v) is 15.7. The Balaban J connectivity index is 1.71. The highest BCUT2D eigenvalue weighted by atomic mass is 16.6. The monoisotopic (exact) mass is 336 g/mol. The Kier molecular flexibility index (Phi) is 3.42. The number of Topliss-reactive ketones (excluding diaryl/α,β-unsaturated/α-hetero) is 1. The number of hydrogen-bond donors (Lipinski definition) is 1. The first kappa shape index (κ1) is 17.0. The molecule has 2 saturated carbocycles. The molecule has 2 aliphatic carbocycles. The maximum absolute atomic E-state index is 12.5. The van der Waals surface area contributed by atoms with Gasteiger partial charge in [0.05, 0.1) is 23.9 Å². The summed E-state index contributed by atoms with van der Waals surface area (Å²) in [7, 11) is 0. The zero-order valence-electron chi connectivity index (χ0n) is 15.7. The first-order valence-corrected chi connectivity index (χ1v) is 9.56. The Morgan fingerprint density at radius 1 is 1.08 bits per heavy atom. The van der Waals surface area contributed by atoms with E-state index in [0.29, 0.717) is 24.5 Å². The average Bonchev–Trinajstić information content (AvgIpc) is 3.26. The van der Waals surface area contributed by atoms with Gasteiger partial charge in [0.1, 0.15) is 11.9 Å². The number of rotatable bonds is 1. The van der Waals surface area contributed by atoms with Crippen molar-refractivity contribution in [2.24, 2.45) is 22.7 Å². The van der Waals surface area contributed by atoms with E-state index in [2.05, 4.69) is 20.8 Å². The highest BCUT2D eigenvalue weighted by Crippen LogP contribution is 2.65. The average molecular weight is 336 g/mol. The third-order valence-corrected chi connectivity index (χ3v) is 8.04. The summed E-state index contributed by atoms with van der Waals surface area (Å²) in [6.45, 7) is 11.5. The van der Waals surface area contributed by atoms with Crippen LogP contribution >= 0.6 is 0 Å². The second-order valence-electron chi connectivity index (χ2n) is 10.0. The summed E-state index contributed by atoms with van der Waals surface area (Å²) < 4.78 is 12.2. The van der Waals surface area contributed by atoms with Crippen LogP contribution in [0.15, 0.2) is 0 Å². The Morgan fingerprint density at radius 2 is 1.75 bits per heavy atom. The topological polar surface area (TPSA) is 59.1 Å². The maximum atomic E-state index is 12.5. The number of hydrogen-bond acceptors (Lipinski definition) is 4. The van der Waals surface area contributed by atoms with Crippen LogP contribution < -0.4 is 0 Å². The van der Waals surface area contributed by atoms with Gasteiger partial charge >= 0.3 is 0 Å². The van der Waals surface area contributed by atoms with Crippen molar-refractivity contribution < 1.29 is 19.4 Å². The van der Waals surface area contributed by atoms with Gasteiger partial charge in [-0.25, -0.2) is 0 Å². The lowest BCUT2D eigenvalue weighted by atomic mass is 9.43. The molecule has 0 aromatic heterocycles. The van der Waals surface area contributed by atoms with Crippen LogP contribution in [0.25, 0.3) is 0 Å². The predicted molar refractivity (Wildman–Crippen MR) is 90.6 cm³/mol. The molecule has 4 fully saturated rings. The van der Waals surface area contributed by atoms with E-state index in [1.165, 1.54) is 0 Å². The third-order valence-electron chi connectivity index (χ3n) is 8.04. The van der Waals surface area contributed by atoms with E-state index < -0.39 is 11.5 Å². The van der Waals surface area contributed by atoms with Crippen LogP contribution in [-0.4, -0.2) is 40.9 Å². The van der Waals surface area contributed by atoms with E-state index in [1.54, 1.807) is 0 Å². The number of carbonyl (C=O) groups excluding carboxylic acids is 1. The Morgan fingerprint density at radius 3 is 2.38 bits per heavy atom. The molecule has 1 N–H and O–H groups in total. The molecule has 0 aromatic rings. The molecule has 0 spiro atoms. The van der Waals surface area contributed by atoms with E-state index in [4.69, 9.17) is 9.47 Å². The van der Waals surface area contributed by atoms with Crippen LogP contribution in [-0.2, 0) is 14.3 Å². The van der Waals surface area contributed by atoms with Gasteiger partial charge in [0, 0.05) is 24.2 Å². The van der Waals surface area contributed by atoms with Crippen LogP contribution in [0.2, 0.25) is 0 Å². The van der Waals surface area contributed by atoms with Crippen LogP contribution in [0, 0.1) is 22.7 Å². The van der Waals surface area contributed by atoms with Crippen molar-refractivity contribution >= 4 is 5.78 Å². The molecule has 2 aliphatic heterocycles. The second-order valence-corrected chi connectivity index (χ2v) is 10.0. The van der Waals surface area contributed by atoms with Crippen LogP contribution in [0.5, 0.6) is 0 Å². The van der Waals surface area contributed by atoms with E-state index in [-0.39, 0.29) is 28.6 Å². The predicted octanol–water partition coefficient (Wildman–Crippen LogP) is 3.11. The summed E-state index contributed by atoms with van der Waals surface area (Å²) in [4.78, 5) is 12.5. The minimum absolute atomic E-state index is 0.0226. The number of fused-ring (bicyclic) bond motifs is 3. The number of ether oxygens (including phenoxy) is 2. The van der Waals surface area contributed by atoms with Gasteiger partial charge in [-0.3, -0.25) is 4.79 Å². The van der Waals surface area contributed by atoms with Gasteiger partial charge in [-0.2, -0.15) is 0 Å². The molecule has 2 saturated heterocycles. The molecule has 4 heteroatoms. The molecule has 0 aromatic carbocycles. The van der Waals surface area contributed by atoms with Crippen LogP contribution in [0.1, 0.15) is 66.7 Å². The van der Waals surface area contributed by atoms with Crippen molar-refractivity contribution in [2.75, 3.05) is 6.61 Å². The van der Waals surface area contributed by atoms with E-state index in [9.17, 15) is 9.90 Å². The number of ketones is 1. The van der Waals surface area contributed by atoms with Gasteiger partial charge in [0.25, 0.3) is 0 Å². The second kappa shape index (κ2) is 4.83. The van der Waals surface area contributed by atoms with Crippen molar-refractivity contribution in [3.05, 3.63) is 0 Å². The molecular formula is C20H32O4. The molecule has 7 atom stereocenters. The lowest BCUT2D eigenvalue weighted by Gasteiger charge is -2.66. The SMILES string of the molecule is CC1(C)C(=O)CC[C@]2(C)[C@@H]1[C@@H](O)C[C@]1(C)O[C@@](C)([C@@H]3CO3)CC[C@@H]21. The third kappa shape index (κ3) is 2.12. The van der Waals surface area contributed by atoms with Crippen LogP contribution in [0.3, 0.4) is 0 Å². The first-order valence-electron chi connectivity index (χ1n) is 9.56. The van der Waals surface area contributed by atoms with Crippen molar-refractivity contribution in [1.29, 1.82) is 0 Å². The van der Waals surface area contributed by atoms with Crippen LogP contribution in [0.4, 0.5) is 0 Å². The summed E-state index contributed by atoms with van der Waals surface area (Å²) in [6.07, 6.45) is 3.94.